The number of hydrogen-bond acceptors (Lipinski definition) is 4. The highest BCUT2D eigenvalue weighted by Gasteiger charge is 2.42. The van der Waals surface area contributed by atoms with E-state index in [4.69, 9.17) is 0 Å². The molecule has 1 aliphatic carbocycles. The number of carbonyl (C=O) groups excluding carboxylic acids is 1. The molecule has 8 nitrogen and oxygen atoms in total. The molecular weight excluding hydrogens is 469 g/mol. The lowest BCUT2D eigenvalue weighted by Gasteiger charge is -2.31. The lowest BCUT2D eigenvalue weighted by Crippen LogP contribution is -2.49. The summed E-state index contributed by atoms with van der Waals surface area (Å²) in [5.74, 6) is 1.68. The summed E-state index contributed by atoms with van der Waals surface area (Å²) in [6.45, 7) is 3.78. The summed E-state index contributed by atoms with van der Waals surface area (Å²) in [5.41, 5.74) is 0.475. The Balaban J connectivity index is 0.00000280. The molecule has 2 aromatic rings. The van der Waals surface area contributed by atoms with Crippen LogP contribution in [0.2, 0.25) is 0 Å². The number of halogens is 1. The molecule has 1 aliphatic rings. The van der Waals surface area contributed by atoms with E-state index in [0.29, 0.717) is 19.0 Å². The van der Waals surface area contributed by atoms with E-state index in [0.717, 1.165) is 43.7 Å². The molecule has 0 aromatic carbocycles. The minimum atomic E-state index is -0.332. The summed E-state index contributed by atoms with van der Waals surface area (Å²) in [6.07, 6.45) is 5.97. The zero-order valence-corrected chi connectivity index (χ0v) is 19.1. The van der Waals surface area contributed by atoms with Gasteiger partial charge in [-0.2, -0.15) is 0 Å². The van der Waals surface area contributed by atoms with E-state index in [-0.39, 0.29) is 35.3 Å². The van der Waals surface area contributed by atoms with Gasteiger partial charge in [0.1, 0.15) is 6.54 Å². The third-order valence-corrected chi connectivity index (χ3v) is 5.12. The van der Waals surface area contributed by atoms with E-state index in [2.05, 4.69) is 25.8 Å². The van der Waals surface area contributed by atoms with Crippen molar-refractivity contribution in [3.8, 4) is 0 Å². The van der Waals surface area contributed by atoms with Gasteiger partial charge in [0.05, 0.1) is 5.41 Å². The Morgan fingerprint density at radius 1 is 1.25 bits per heavy atom. The van der Waals surface area contributed by atoms with Crippen LogP contribution >= 0.6 is 24.0 Å². The average Bonchev–Trinajstić information content (AvgIpc) is 3.31. The van der Waals surface area contributed by atoms with Crippen molar-refractivity contribution in [2.24, 2.45) is 10.4 Å². The number of rotatable bonds is 6. The zero-order valence-electron chi connectivity index (χ0n) is 16.8. The number of hydrogen-bond donors (Lipinski definition) is 2. The number of nitrogens with zero attached hydrogens (tertiary/aromatic N) is 5. The second kappa shape index (κ2) is 10.0. The van der Waals surface area contributed by atoms with Crippen molar-refractivity contribution in [3.63, 3.8) is 0 Å². The Bertz CT molecular complexity index is 811. The molecule has 0 bridgehead atoms. The summed E-state index contributed by atoms with van der Waals surface area (Å²) in [7, 11) is 3.66. The molecular formula is C19H30IN7O. The van der Waals surface area contributed by atoms with Crippen molar-refractivity contribution < 1.29 is 4.79 Å². The Hall–Kier alpha value is -1.91. The molecule has 154 valence electrons. The van der Waals surface area contributed by atoms with E-state index >= 15 is 0 Å². The van der Waals surface area contributed by atoms with Gasteiger partial charge >= 0.3 is 0 Å². The SMILES string of the molecule is CCNC(=NCc1nnc2ccccn12)NCC1(C(=O)N(C)C)CCCC1.I. The first kappa shape index (κ1) is 22.4. The van der Waals surface area contributed by atoms with Crippen LogP contribution in [0.5, 0.6) is 0 Å². The Morgan fingerprint density at radius 3 is 2.68 bits per heavy atom. The highest BCUT2D eigenvalue weighted by atomic mass is 127. The normalized spacial score (nSPS) is 15.9. The number of nitrogens with one attached hydrogen (secondary N) is 2. The van der Waals surface area contributed by atoms with Gasteiger partial charge in [-0.3, -0.25) is 9.20 Å². The van der Waals surface area contributed by atoms with Gasteiger partial charge in [-0.05, 0) is 31.9 Å². The van der Waals surface area contributed by atoms with Crippen LogP contribution < -0.4 is 10.6 Å². The molecule has 0 spiro atoms. The summed E-state index contributed by atoms with van der Waals surface area (Å²) in [4.78, 5) is 19.1. The zero-order chi connectivity index (χ0) is 19.3. The van der Waals surface area contributed by atoms with Gasteiger partial charge in [0.15, 0.2) is 17.4 Å². The molecule has 2 N–H and O–H groups in total. The van der Waals surface area contributed by atoms with Crippen molar-refractivity contribution in [2.75, 3.05) is 27.2 Å². The molecule has 1 saturated carbocycles. The number of guanidine groups is 1. The third kappa shape index (κ3) is 4.92. The maximum atomic E-state index is 12.7. The van der Waals surface area contributed by atoms with Crippen molar-refractivity contribution in [3.05, 3.63) is 30.2 Å². The van der Waals surface area contributed by atoms with Crippen molar-refractivity contribution >= 4 is 41.5 Å². The first-order valence-corrected chi connectivity index (χ1v) is 9.58. The predicted molar refractivity (Wildman–Crippen MR) is 121 cm³/mol. The molecule has 0 saturated heterocycles. The molecule has 0 atom stereocenters. The van der Waals surface area contributed by atoms with E-state index in [1.165, 1.54) is 0 Å². The van der Waals surface area contributed by atoms with Gasteiger partial charge in [-0.15, -0.1) is 34.2 Å². The molecule has 0 radical (unpaired) electrons. The molecule has 0 aliphatic heterocycles. The molecule has 3 rings (SSSR count). The number of fused-ring (bicyclic) bond motifs is 1. The van der Waals surface area contributed by atoms with Crippen LogP contribution in [0.4, 0.5) is 0 Å². The lowest BCUT2D eigenvalue weighted by atomic mass is 9.84. The molecule has 28 heavy (non-hydrogen) atoms. The maximum absolute atomic E-state index is 12.7. The number of aromatic nitrogens is 3. The van der Waals surface area contributed by atoms with Crippen LogP contribution in [0.15, 0.2) is 29.4 Å². The lowest BCUT2D eigenvalue weighted by molar-refractivity contribution is -0.138. The fourth-order valence-electron chi connectivity index (χ4n) is 3.74. The Labute approximate surface area is 183 Å². The molecule has 2 aromatic heterocycles. The summed E-state index contributed by atoms with van der Waals surface area (Å²) < 4.78 is 1.93. The summed E-state index contributed by atoms with van der Waals surface area (Å²) in [5, 5.41) is 15.0. The smallest absolute Gasteiger partial charge is 0.230 e. The van der Waals surface area contributed by atoms with Gasteiger partial charge in [0, 0.05) is 33.4 Å². The number of amides is 1. The van der Waals surface area contributed by atoms with Crippen LogP contribution in [0.3, 0.4) is 0 Å². The molecule has 1 fully saturated rings. The van der Waals surface area contributed by atoms with Crippen molar-refractivity contribution in [1.29, 1.82) is 0 Å². The van der Waals surface area contributed by atoms with Crippen molar-refractivity contribution in [1.82, 2.24) is 30.1 Å². The fourth-order valence-corrected chi connectivity index (χ4v) is 3.74. The second-order valence-electron chi connectivity index (χ2n) is 7.28. The quantitative estimate of drug-likeness (QED) is 0.361. The highest BCUT2D eigenvalue weighted by molar-refractivity contribution is 14.0. The van der Waals surface area contributed by atoms with Crippen LogP contribution in [0, 0.1) is 5.41 Å². The van der Waals surface area contributed by atoms with E-state index in [1.54, 1.807) is 4.90 Å². The maximum Gasteiger partial charge on any atom is 0.230 e. The van der Waals surface area contributed by atoms with Crippen LogP contribution in [0.1, 0.15) is 38.4 Å². The van der Waals surface area contributed by atoms with Gasteiger partial charge in [-0.25, -0.2) is 4.99 Å². The largest absolute Gasteiger partial charge is 0.357 e. The van der Waals surface area contributed by atoms with E-state index in [1.807, 2.05) is 49.8 Å². The minimum Gasteiger partial charge on any atom is -0.357 e. The van der Waals surface area contributed by atoms with Gasteiger partial charge in [-0.1, -0.05) is 18.9 Å². The van der Waals surface area contributed by atoms with E-state index in [9.17, 15) is 4.79 Å². The average molecular weight is 499 g/mol. The summed E-state index contributed by atoms with van der Waals surface area (Å²) >= 11 is 0. The van der Waals surface area contributed by atoms with Crippen molar-refractivity contribution in [2.45, 2.75) is 39.2 Å². The highest BCUT2D eigenvalue weighted by Crippen LogP contribution is 2.38. The van der Waals surface area contributed by atoms with Crippen LogP contribution in [0.25, 0.3) is 5.65 Å². The Kier molecular flexibility index (Phi) is 8.02. The van der Waals surface area contributed by atoms with E-state index < -0.39 is 0 Å². The predicted octanol–water partition coefficient (Wildman–Crippen LogP) is 2.05. The first-order chi connectivity index (χ1) is 13.1. The third-order valence-electron chi connectivity index (χ3n) is 5.12. The summed E-state index contributed by atoms with van der Waals surface area (Å²) in [6, 6.07) is 5.80. The van der Waals surface area contributed by atoms with Gasteiger partial charge in [0.2, 0.25) is 5.91 Å². The minimum absolute atomic E-state index is 0. The number of aliphatic imine (C=N–C) groups is 1. The molecule has 9 heteroatoms. The number of pyridine rings is 1. The molecule has 1 amide bonds. The molecule has 0 unspecified atom stereocenters. The van der Waals surface area contributed by atoms with Crippen LogP contribution in [-0.2, 0) is 11.3 Å². The fraction of sp³-hybridized carbons (Fsp3) is 0.579. The topological polar surface area (TPSA) is 86.9 Å². The van der Waals surface area contributed by atoms with Gasteiger partial charge < -0.3 is 15.5 Å². The monoisotopic (exact) mass is 499 g/mol. The van der Waals surface area contributed by atoms with Gasteiger partial charge in [0.25, 0.3) is 0 Å². The standard InChI is InChI=1S/C19H29N7O.HI/c1-4-20-18(21-13-16-24-23-15-9-5-8-12-26(15)16)22-14-19(10-6-7-11-19)17(27)25(2)3;/h5,8-9,12H,4,6-7,10-11,13-14H2,1-3H3,(H2,20,21,22);1H. The first-order valence-electron chi connectivity index (χ1n) is 9.58. The Morgan fingerprint density at radius 2 is 2.00 bits per heavy atom. The van der Waals surface area contributed by atoms with Crippen LogP contribution in [-0.4, -0.2) is 58.5 Å². The number of carbonyl (C=O) groups is 1. The molecule has 2 heterocycles. The second-order valence-corrected chi connectivity index (χ2v) is 7.28.